The number of ether oxygens (including phenoxy) is 1. The van der Waals surface area contributed by atoms with Crippen molar-refractivity contribution >= 4 is 10.8 Å². The van der Waals surface area contributed by atoms with Crippen LogP contribution in [0.3, 0.4) is 0 Å². The predicted octanol–water partition coefficient (Wildman–Crippen LogP) is 3.91. The van der Waals surface area contributed by atoms with E-state index in [2.05, 4.69) is 41.5 Å². The number of hydrogen-bond donors (Lipinski definition) is 1. The first kappa shape index (κ1) is 14.3. The van der Waals surface area contributed by atoms with Crippen molar-refractivity contribution in [2.45, 2.75) is 39.2 Å². The summed E-state index contributed by atoms with van der Waals surface area (Å²) < 4.78 is 5.95. The van der Waals surface area contributed by atoms with Crippen molar-refractivity contribution in [3.63, 3.8) is 0 Å². The predicted molar refractivity (Wildman–Crippen MR) is 86.6 cm³/mol. The molecule has 1 aromatic carbocycles. The van der Waals surface area contributed by atoms with Gasteiger partial charge in [0.05, 0.1) is 6.61 Å². The van der Waals surface area contributed by atoms with E-state index >= 15 is 0 Å². The lowest BCUT2D eigenvalue weighted by atomic mass is 9.83. The van der Waals surface area contributed by atoms with Crippen LogP contribution >= 0.6 is 0 Å². The molecule has 0 radical (unpaired) electrons. The highest BCUT2D eigenvalue weighted by atomic mass is 16.5. The van der Waals surface area contributed by atoms with Gasteiger partial charge in [0.15, 0.2) is 0 Å². The summed E-state index contributed by atoms with van der Waals surface area (Å²) in [7, 11) is 0. The summed E-state index contributed by atoms with van der Waals surface area (Å²) in [4.78, 5) is 4.54. The second-order valence-electron chi connectivity index (χ2n) is 5.85. The Hall–Kier alpha value is -1.61. The summed E-state index contributed by atoms with van der Waals surface area (Å²) in [5.41, 5.74) is 1.23. The van der Waals surface area contributed by atoms with Crippen LogP contribution < -0.4 is 10.1 Å². The molecular formula is C18H24N2O. The van der Waals surface area contributed by atoms with Crippen molar-refractivity contribution in [1.29, 1.82) is 0 Å². The second kappa shape index (κ2) is 6.90. The summed E-state index contributed by atoms with van der Waals surface area (Å²) in [6.45, 7) is 4.72. The van der Waals surface area contributed by atoms with Crippen LogP contribution in [0.5, 0.6) is 5.88 Å². The molecule has 1 aliphatic carbocycles. The minimum Gasteiger partial charge on any atom is -0.477 e. The van der Waals surface area contributed by atoms with Gasteiger partial charge in [0.25, 0.3) is 0 Å². The fraction of sp³-hybridized carbons (Fsp3) is 0.500. The van der Waals surface area contributed by atoms with E-state index in [1.165, 1.54) is 30.2 Å². The smallest absolute Gasteiger partial charge is 0.221 e. The number of nitrogens with one attached hydrogen (secondary N) is 1. The molecule has 1 aromatic heterocycles. The summed E-state index contributed by atoms with van der Waals surface area (Å²) in [6, 6.07) is 8.40. The van der Waals surface area contributed by atoms with Crippen molar-refractivity contribution in [1.82, 2.24) is 10.3 Å². The fourth-order valence-electron chi connectivity index (χ4n) is 2.84. The zero-order valence-corrected chi connectivity index (χ0v) is 12.8. The molecule has 1 heterocycles. The lowest BCUT2D eigenvalue weighted by Gasteiger charge is -2.25. The van der Waals surface area contributed by atoms with Crippen LogP contribution in [0.25, 0.3) is 10.8 Å². The Morgan fingerprint density at radius 3 is 2.76 bits per heavy atom. The Morgan fingerprint density at radius 1 is 1.24 bits per heavy atom. The Morgan fingerprint density at radius 2 is 2.05 bits per heavy atom. The van der Waals surface area contributed by atoms with Gasteiger partial charge in [0.1, 0.15) is 0 Å². The molecule has 0 bridgehead atoms. The van der Waals surface area contributed by atoms with E-state index in [9.17, 15) is 0 Å². The average Bonchev–Trinajstić information content (AvgIpc) is 2.48. The number of rotatable bonds is 7. The third kappa shape index (κ3) is 3.35. The van der Waals surface area contributed by atoms with Crippen LogP contribution in [0.4, 0.5) is 0 Å². The van der Waals surface area contributed by atoms with Crippen LogP contribution in [0.2, 0.25) is 0 Å². The highest BCUT2D eigenvalue weighted by molar-refractivity contribution is 5.89. The first-order valence-electron chi connectivity index (χ1n) is 8.08. The molecule has 0 amide bonds. The molecule has 0 unspecified atom stereocenters. The van der Waals surface area contributed by atoms with Gasteiger partial charge in [-0.15, -0.1) is 0 Å². The van der Waals surface area contributed by atoms with Crippen LogP contribution in [-0.2, 0) is 6.54 Å². The highest BCUT2D eigenvalue weighted by Crippen LogP contribution is 2.30. The standard InChI is InChI=1S/C18H24N2O/c1-2-19-12-15-13-20-18(17-9-4-3-8-16(15)17)21-11-10-14-6-5-7-14/h3-4,8-9,13-14,19H,2,5-7,10-12H2,1H3. The monoisotopic (exact) mass is 284 g/mol. The SMILES string of the molecule is CCNCc1cnc(OCCC2CCC2)c2ccccc12. The summed E-state index contributed by atoms with van der Waals surface area (Å²) >= 11 is 0. The molecule has 3 heteroatoms. The van der Waals surface area contributed by atoms with Gasteiger partial charge in [-0.1, -0.05) is 44.4 Å². The minimum absolute atomic E-state index is 0.783. The molecule has 1 aliphatic rings. The van der Waals surface area contributed by atoms with Crippen molar-refractivity contribution in [2.75, 3.05) is 13.2 Å². The van der Waals surface area contributed by atoms with E-state index in [4.69, 9.17) is 4.74 Å². The maximum atomic E-state index is 5.95. The van der Waals surface area contributed by atoms with Crippen LogP contribution in [0.1, 0.15) is 38.2 Å². The topological polar surface area (TPSA) is 34.2 Å². The summed E-state index contributed by atoms with van der Waals surface area (Å²) in [6.07, 6.45) is 7.25. The fourth-order valence-corrected chi connectivity index (χ4v) is 2.84. The number of aromatic nitrogens is 1. The zero-order valence-electron chi connectivity index (χ0n) is 12.8. The number of pyridine rings is 1. The van der Waals surface area contributed by atoms with Crippen LogP contribution in [-0.4, -0.2) is 18.1 Å². The maximum Gasteiger partial charge on any atom is 0.221 e. The van der Waals surface area contributed by atoms with Crippen molar-refractivity contribution in [2.24, 2.45) is 5.92 Å². The Bertz CT molecular complexity index is 593. The van der Waals surface area contributed by atoms with Gasteiger partial charge in [-0.3, -0.25) is 0 Å². The maximum absolute atomic E-state index is 5.95. The van der Waals surface area contributed by atoms with Gasteiger partial charge in [-0.25, -0.2) is 4.98 Å². The van der Waals surface area contributed by atoms with E-state index in [1.807, 2.05) is 6.20 Å². The van der Waals surface area contributed by atoms with Gasteiger partial charge < -0.3 is 10.1 Å². The van der Waals surface area contributed by atoms with Gasteiger partial charge in [-0.2, -0.15) is 0 Å². The highest BCUT2D eigenvalue weighted by Gasteiger charge is 2.17. The Kier molecular flexibility index (Phi) is 4.71. The quantitative estimate of drug-likeness (QED) is 0.837. The van der Waals surface area contributed by atoms with Crippen molar-refractivity contribution in [3.8, 4) is 5.88 Å². The Labute approximate surface area is 126 Å². The molecule has 1 fully saturated rings. The van der Waals surface area contributed by atoms with E-state index in [0.29, 0.717) is 0 Å². The van der Waals surface area contributed by atoms with E-state index in [-0.39, 0.29) is 0 Å². The molecule has 0 spiro atoms. The van der Waals surface area contributed by atoms with E-state index < -0.39 is 0 Å². The van der Waals surface area contributed by atoms with E-state index in [0.717, 1.165) is 43.3 Å². The first-order valence-corrected chi connectivity index (χ1v) is 8.08. The van der Waals surface area contributed by atoms with Gasteiger partial charge in [0, 0.05) is 18.1 Å². The number of fused-ring (bicyclic) bond motifs is 1. The Balaban J connectivity index is 1.75. The normalized spacial score (nSPS) is 15.1. The molecule has 3 rings (SSSR count). The summed E-state index contributed by atoms with van der Waals surface area (Å²) in [5.74, 6) is 1.66. The largest absolute Gasteiger partial charge is 0.477 e. The van der Waals surface area contributed by atoms with Crippen molar-refractivity contribution in [3.05, 3.63) is 36.0 Å². The minimum atomic E-state index is 0.783. The third-order valence-corrected chi connectivity index (χ3v) is 4.40. The molecule has 1 saturated carbocycles. The first-order chi connectivity index (χ1) is 10.4. The van der Waals surface area contributed by atoms with E-state index in [1.54, 1.807) is 0 Å². The second-order valence-corrected chi connectivity index (χ2v) is 5.85. The van der Waals surface area contributed by atoms with Crippen LogP contribution in [0, 0.1) is 5.92 Å². The lowest BCUT2D eigenvalue weighted by molar-refractivity contribution is 0.219. The molecule has 3 nitrogen and oxygen atoms in total. The van der Waals surface area contributed by atoms with Crippen molar-refractivity contribution < 1.29 is 4.74 Å². The molecule has 1 N–H and O–H groups in total. The molecular weight excluding hydrogens is 260 g/mol. The molecule has 2 aromatic rings. The van der Waals surface area contributed by atoms with Gasteiger partial charge >= 0.3 is 0 Å². The molecule has 0 saturated heterocycles. The molecule has 112 valence electrons. The molecule has 0 atom stereocenters. The zero-order chi connectivity index (χ0) is 14.5. The van der Waals surface area contributed by atoms with Gasteiger partial charge in [-0.05, 0) is 35.9 Å². The average molecular weight is 284 g/mol. The molecule has 0 aliphatic heterocycles. The molecule has 21 heavy (non-hydrogen) atoms. The van der Waals surface area contributed by atoms with Gasteiger partial charge in [0.2, 0.25) is 5.88 Å². The van der Waals surface area contributed by atoms with Crippen LogP contribution in [0.15, 0.2) is 30.5 Å². The summed E-state index contributed by atoms with van der Waals surface area (Å²) in [5, 5.41) is 5.74. The number of benzene rings is 1. The number of hydrogen-bond acceptors (Lipinski definition) is 3. The number of nitrogens with zero attached hydrogens (tertiary/aromatic N) is 1. The third-order valence-electron chi connectivity index (χ3n) is 4.40. The lowest BCUT2D eigenvalue weighted by Crippen LogP contribution is -2.15.